The Kier molecular flexibility index (Phi) is 8.78. The lowest BCUT2D eigenvalue weighted by molar-refractivity contribution is -0.139. The van der Waals surface area contributed by atoms with Gasteiger partial charge in [-0.05, 0) is 82.5 Å². The first-order valence-corrected chi connectivity index (χ1v) is 15.8. The molecule has 0 fully saturated rings. The summed E-state index contributed by atoms with van der Waals surface area (Å²) in [6.45, 7) is 11.6. The molecule has 0 N–H and O–H groups in total. The summed E-state index contributed by atoms with van der Waals surface area (Å²) in [6.07, 6.45) is 1.84. The van der Waals surface area contributed by atoms with Gasteiger partial charge in [-0.25, -0.2) is 9.79 Å². The number of ether oxygens (including phenoxy) is 4. The van der Waals surface area contributed by atoms with Crippen LogP contribution in [-0.2, 0) is 9.53 Å². The fraction of sp³-hybridized carbons (Fsp3) is 0.333. The molecule has 234 valence electrons. The van der Waals surface area contributed by atoms with Gasteiger partial charge >= 0.3 is 5.97 Å². The van der Waals surface area contributed by atoms with Crippen molar-refractivity contribution in [3.63, 3.8) is 0 Å². The van der Waals surface area contributed by atoms with E-state index >= 15 is 0 Å². The maximum atomic E-state index is 14.3. The second-order valence-corrected chi connectivity index (χ2v) is 12.7. The number of nitrogens with zero attached hydrogens (tertiary/aromatic N) is 4. The van der Waals surface area contributed by atoms with Crippen LogP contribution in [0.15, 0.2) is 39.3 Å². The number of thiophene rings is 1. The molecule has 0 saturated heterocycles. The van der Waals surface area contributed by atoms with Crippen LogP contribution in [0.1, 0.15) is 58.4 Å². The Morgan fingerprint density at radius 1 is 1.04 bits per heavy atom. The lowest BCUT2D eigenvalue weighted by Crippen LogP contribution is -2.40. The van der Waals surface area contributed by atoms with E-state index in [9.17, 15) is 14.9 Å². The van der Waals surface area contributed by atoms with Gasteiger partial charge < -0.3 is 23.5 Å². The van der Waals surface area contributed by atoms with Crippen LogP contribution in [0, 0.1) is 39.0 Å². The molecule has 1 atom stereocenters. The van der Waals surface area contributed by atoms with Crippen molar-refractivity contribution in [1.82, 2.24) is 9.13 Å². The third kappa shape index (κ3) is 5.26. The average molecular weight is 647 g/mol. The van der Waals surface area contributed by atoms with Gasteiger partial charge in [0.2, 0.25) is 5.75 Å². The Balaban J connectivity index is 1.75. The normalized spacial score (nSPS) is 14.6. The smallest absolute Gasteiger partial charge is 0.338 e. The summed E-state index contributed by atoms with van der Waals surface area (Å²) in [7, 11) is 4.53. The number of thiazole rings is 1. The molecule has 0 aliphatic carbocycles. The van der Waals surface area contributed by atoms with E-state index in [-0.39, 0.29) is 17.7 Å². The van der Waals surface area contributed by atoms with E-state index in [1.807, 2.05) is 39.8 Å². The Bertz CT molecular complexity index is 2080. The van der Waals surface area contributed by atoms with Crippen LogP contribution in [0.25, 0.3) is 11.1 Å². The molecule has 4 aromatic rings. The summed E-state index contributed by atoms with van der Waals surface area (Å²) in [5, 5.41) is 10.7. The minimum atomic E-state index is -0.862. The molecular weight excluding hydrogens is 613 g/mol. The van der Waals surface area contributed by atoms with Crippen LogP contribution in [0.3, 0.4) is 0 Å². The highest BCUT2D eigenvalue weighted by Gasteiger charge is 2.35. The molecule has 0 unspecified atom stereocenters. The van der Waals surface area contributed by atoms with E-state index < -0.39 is 12.0 Å². The van der Waals surface area contributed by atoms with Gasteiger partial charge in [0.25, 0.3) is 5.56 Å². The molecule has 10 nitrogen and oxygen atoms in total. The average Bonchev–Trinajstić information content (AvgIpc) is 3.59. The van der Waals surface area contributed by atoms with Crippen molar-refractivity contribution in [1.29, 1.82) is 5.26 Å². The molecule has 5 rings (SSSR count). The standard InChI is InChI=1S/C33H34N4O6S2/c1-10-43-32(39)27-18(4)35-33-37(28(27)22-12-24(40-7)29(42-9)25(13-22)41-8)30(38)26(45-33)14-21-11-16(2)36(19(21)5)31-23(15-34)17(3)20(6)44-31/h11-14,28H,10H2,1-9H3/b26-14+/t28-/m1/s1. The first-order valence-electron chi connectivity index (χ1n) is 14.2. The molecule has 1 aliphatic rings. The summed E-state index contributed by atoms with van der Waals surface area (Å²) in [5.74, 6) is 0.593. The van der Waals surface area contributed by atoms with Gasteiger partial charge in [0.15, 0.2) is 16.3 Å². The number of fused-ring (bicyclic) bond motifs is 1. The van der Waals surface area contributed by atoms with E-state index in [4.69, 9.17) is 18.9 Å². The highest BCUT2D eigenvalue weighted by Crippen LogP contribution is 2.42. The summed E-state index contributed by atoms with van der Waals surface area (Å²) in [4.78, 5) is 33.9. The first-order chi connectivity index (χ1) is 21.5. The van der Waals surface area contributed by atoms with Gasteiger partial charge in [-0.15, -0.1) is 11.3 Å². The van der Waals surface area contributed by atoms with Gasteiger partial charge in [0.05, 0.1) is 55.3 Å². The fourth-order valence-electron chi connectivity index (χ4n) is 5.65. The quantitative estimate of drug-likeness (QED) is 0.253. The number of hydrogen-bond acceptors (Lipinski definition) is 10. The Morgan fingerprint density at radius 2 is 1.71 bits per heavy atom. The zero-order valence-electron chi connectivity index (χ0n) is 26.6. The lowest BCUT2D eigenvalue weighted by Gasteiger charge is -2.26. The van der Waals surface area contributed by atoms with Crippen LogP contribution in [0.5, 0.6) is 17.2 Å². The van der Waals surface area contributed by atoms with Gasteiger partial charge in [-0.1, -0.05) is 11.3 Å². The minimum Gasteiger partial charge on any atom is -0.493 e. The lowest BCUT2D eigenvalue weighted by atomic mass is 9.95. The summed E-state index contributed by atoms with van der Waals surface area (Å²) in [5.41, 5.74) is 5.27. The van der Waals surface area contributed by atoms with E-state index in [2.05, 4.69) is 15.6 Å². The molecule has 0 saturated carbocycles. The summed E-state index contributed by atoms with van der Waals surface area (Å²) in [6, 6.07) is 6.96. The number of nitriles is 1. The monoisotopic (exact) mass is 646 g/mol. The molecule has 3 aromatic heterocycles. The van der Waals surface area contributed by atoms with E-state index in [0.29, 0.717) is 43.4 Å². The minimum absolute atomic E-state index is 0.161. The number of aryl methyl sites for hydroxylation is 2. The number of carbonyl (C=O) groups is 1. The molecular formula is C33H34N4O6S2. The molecule has 1 aliphatic heterocycles. The van der Waals surface area contributed by atoms with Gasteiger partial charge in [-0.3, -0.25) is 9.36 Å². The Hall–Kier alpha value is -4.60. The van der Waals surface area contributed by atoms with Crippen molar-refractivity contribution in [3.05, 3.63) is 87.7 Å². The van der Waals surface area contributed by atoms with Crippen LogP contribution in [-0.4, -0.2) is 43.0 Å². The van der Waals surface area contributed by atoms with Gasteiger partial charge in [-0.2, -0.15) is 5.26 Å². The number of hydrogen-bond donors (Lipinski definition) is 0. The zero-order valence-corrected chi connectivity index (χ0v) is 28.3. The van der Waals surface area contributed by atoms with Crippen LogP contribution in [0.2, 0.25) is 0 Å². The zero-order chi connectivity index (χ0) is 32.7. The molecule has 45 heavy (non-hydrogen) atoms. The third-order valence-corrected chi connectivity index (χ3v) is 10.1. The predicted molar refractivity (Wildman–Crippen MR) is 174 cm³/mol. The number of rotatable bonds is 8. The topological polar surface area (TPSA) is 117 Å². The molecule has 1 aromatic carbocycles. The van der Waals surface area contributed by atoms with Crippen molar-refractivity contribution in [2.24, 2.45) is 4.99 Å². The van der Waals surface area contributed by atoms with Crippen molar-refractivity contribution in [3.8, 4) is 28.3 Å². The SMILES string of the molecule is CCOC(=O)C1=C(C)N=c2s/c(=C/c3cc(C)n(-c4sc(C)c(C)c4C#N)c3C)c(=O)n2[C@@H]1c1cc(OC)c(OC)c(OC)c1. The van der Waals surface area contributed by atoms with Crippen molar-refractivity contribution >= 4 is 34.7 Å². The van der Waals surface area contributed by atoms with E-state index in [1.165, 1.54) is 37.2 Å². The number of carbonyl (C=O) groups excluding carboxylic acids is 1. The van der Waals surface area contributed by atoms with Gasteiger partial charge in [0, 0.05) is 16.3 Å². The van der Waals surface area contributed by atoms with E-state index in [1.54, 1.807) is 37.3 Å². The highest BCUT2D eigenvalue weighted by molar-refractivity contribution is 7.15. The maximum Gasteiger partial charge on any atom is 0.338 e. The molecule has 4 heterocycles. The van der Waals surface area contributed by atoms with Crippen LogP contribution in [0.4, 0.5) is 0 Å². The molecule has 12 heteroatoms. The number of aromatic nitrogens is 2. The highest BCUT2D eigenvalue weighted by atomic mass is 32.1. The molecule has 0 bridgehead atoms. The fourth-order valence-corrected chi connectivity index (χ4v) is 7.91. The number of allylic oxidation sites excluding steroid dienone is 1. The molecule has 0 amide bonds. The molecule has 0 spiro atoms. The predicted octanol–water partition coefficient (Wildman–Crippen LogP) is 4.78. The second kappa shape index (κ2) is 12.4. The summed E-state index contributed by atoms with van der Waals surface area (Å²) >= 11 is 2.82. The number of esters is 1. The van der Waals surface area contributed by atoms with Crippen molar-refractivity contribution in [2.75, 3.05) is 27.9 Å². The van der Waals surface area contributed by atoms with Crippen LogP contribution >= 0.6 is 22.7 Å². The Labute approximate surface area is 268 Å². The number of benzene rings is 1. The van der Waals surface area contributed by atoms with Crippen molar-refractivity contribution < 1.29 is 23.7 Å². The van der Waals surface area contributed by atoms with E-state index in [0.717, 1.165) is 32.4 Å². The first kappa shape index (κ1) is 31.8. The Morgan fingerprint density at radius 3 is 2.29 bits per heavy atom. The summed E-state index contributed by atoms with van der Waals surface area (Å²) < 4.78 is 26.2. The molecule has 0 radical (unpaired) electrons. The largest absolute Gasteiger partial charge is 0.493 e. The second-order valence-electron chi connectivity index (χ2n) is 10.5. The third-order valence-electron chi connectivity index (χ3n) is 7.96. The number of methoxy groups -OCH3 is 3. The maximum absolute atomic E-state index is 14.3. The van der Waals surface area contributed by atoms with Crippen molar-refractivity contribution in [2.45, 2.75) is 47.6 Å². The van der Waals surface area contributed by atoms with Crippen LogP contribution < -0.4 is 29.1 Å². The van der Waals surface area contributed by atoms with Gasteiger partial charge in [0.1, 0.15) is 11.1 Å².